The van der Waals surface area contributed by atoms with E-state index in [4.69, 9.17) is 4.74 Å². The fourth-order valence-corrected chi connectivity index (χ4v) is 2.39. The van der Waals surface area contributed by atoms with E-state index in [0.29, 0.717) is 13.0 Å². The van der Waals surface area contributed by atoms with Crippen molar-refractivity contribution in [2.45, 2.75) is 45.1 Å². The largest absolute Gasteiger partial charge is 0.463 e. The van der Waals surface area contributed by atoms with Gasteiger partial charge in [-0.25, -0.2) is 4.79 Å². The van der Waals surface area contributed by atoms with E-state index in [1.807, 2.05) is 6.92 Å². The van der Waals surface area contributed by atoms with Crippen LogP contribution in [0.2, 0.25) is 0 Å². The maximum Gasteiger partial charge on any atom is 0.330 e. The highest BCUT2D eigenvalue weighted by Gasteiger charge is 2.44. The van der Waals surface area contributed by atoms with Crippen molar-refractivity contribution in [2.75, 3.05) is 6.61 Å². The molecule has 1 rings (SSSR count). The van der Waals surface area contributed by atoms with Crippen molar-refractivity contribution in [3.8, 4) is 0 Å². The number of aliphatic hydroxyl groups is 1. The summed E-state index contributed by atoms with van der Waals surface area (Å²) in [6.07, 6.45) is 8.38. The van der Waals surface area contributed by atoms with Gasteiger partial charge in [0.1, 0.15) is 0 Å². The molecule has 96 valence electrons. The number of carbonyl (C=O) groups is 1. The summed E-state index contributed by atoms with van der Waals surface area (Å²) in [5.74, 6) is -0.356. The lowest BCUT2D eigenvalue weighted by Crippen LogP contribution is -2.46. The van der Waals surface area contributed by atoms with Gasteiger partial charge in [0.15, 0.2) is 0 Å². The molecule has 0 radical (unpaired) electrons. The number of carbonyl (C=O) groups excluding carboxylic acids is 1. The topological polar surface area (TPSA) is 46.5 Å². The fourth-order valence-electron chi connectivity index (χ4n) is 2.39. The summed E-state index contributed by atoms with van der Waals surface area (Å²) in [5, 5.41) is 10.5. The minimum absolute atomic E-state index is 0.356. The third-order valence-electron chi connectivity index (χ3n) is 3.70. The van der Waals surface area contributed by atoms with Crippen LogP contribution in [-0.4, -0.2) is 23.3 Å². The van der Waals surface area contributed by atoms with Gasteiger partial charge in [0.2, 0.25) is 0 Å². The van der Waals surface area contributed by atoms with Crippen LogP contribution in [-0.2, 0) is 9.53 Å². The van der Waals surface area contributed by atoms with Gasteiger partial charge in [-0.2, -0.15) is 0 Å². The standard InChI is InChI=1S/C14H22O3/c1-4-14(16)10-7-6-9-13(14,3)11-8-12(15)17-5-2/h4,8,11,16H,1,5-7,9-10H2,2-3H3/b11-8-. The first-order valence-electron chi connectivity index (χ1n) is 6.19. The van der Waals surface area contributed by atoms with Crippen LogP contribution in [0.15, 0.2) is 24.8 Å². The molecule has 3 heteroatoms. The van der Waals surface area contributed by atoms with Gasteiger partial charge in [0.05, 0.1) is 12.2 Å². The van der Waals surface area contributed by atoms with Crippen LogP contribution in [0.1, 0.15) is 39.5 Å². The zero-order chi connectivity index (χ0) is 12.9. The Morgan fingerprint density at radius 2 is 2.12 bits per heavy atom. The lowest BCUT2D eigenvalue weighted by atomic mass is 9.64. The third kappa shape index (κ3) is 2.97. The van der Waals surface area contributed by atoms with E-state index in [1.165, 1.54) is 6.08 Å². The number of hydrogen-bond acceptors (Lipinski definition) is 3. The SMILES string of the molecule is C=CC1(O)CCCCC1(C)/C=C\C(=O)OCC. The van der Waals surface area contributed by atoms with Gasteiger partial charge >= 0.3 is 5.97 Å². The second-order valence-corrected chi connectivity index (χ2v) is 4.84. The van der Waals surface area contributed by atoms with Crippen LogP contribution in [0, 0.1) is 5.41 Å². The summed E-state index contributed by atoms with van der Waals surface area (Å²) >= 11 is 0. The first kappa shape index (κ1) is 14.0. The summed E-state index contributed by atoms with van der Waals surface area (Å²) < 4.78 is 4.85. The predicted octanol–water partition coefficient (Wildman–Crippen LogP) is 2.60. The summed E-state index contributed by atoms with van der Waals surface area (Å²) in [6.45, 7) is 7.82. The molecule has 0 aromatic carbocycles. The smallest absolute Gasteiger partial charge is 0.330 e. The maximum absolute atomic E-state index is 11.3. The summed E-state index contributed by atoms with van der Waals surface area (Å²) in [4.78, 5) is 11.3. The minimum Gasteiger partial charge on any atom is -0.463 e. The quantitative estimate of drug-likeness (QED) is 0.465. The average molecular weight is 238 g/mol. The maximum atomic E-state index is 11.3. The highest BCUT2D eigenvalue weighted by Crippen LogP contribution is 2.45. The van der Waals surface area contributed by atoms with E-state index in [2.05, 4.69) is 6.58 Å². The molecule has 0 aromatic heterocycles. The Kier molecular flexibility index (Phi) is 4.52. The monoisotopic (exact) mass is 238 g/mol. The molecule has 0 bridgehead atoms. The molecular formula is C14H22O3. The molecular weight excluding hydrogens is 216 g/mol. The van der Waals surface area contributed by atoms with Crippen LogP contribution in [0.4, 0.5) is 0 Å². The van der Waals surface area contributed by atoms with Crippen LogP contribution in [0.5, 0.6) is 0 Å². The zero-order valence-corrected chi connectivity index (χ0v) is 10.7. The van der Waals surface area contributed by atoms with Crippen molar-refractivity contribution in [2.24, 2.45) is 5.41 Å². The Labute approximate surface area is 103 Å². The molecule has 0 heterocycles. The van der Waals surface area contributed by atoms with Gasteiger partial charge < -0.3 is 9.84 Å². The molecule has 2 unspecified atom stereocenters. The van der Waals surface area contributed by atoms with E-state index < -0.39 is 11.0 Å². The highest BCUT2D eigenvalue weighted by atomic mass is 16.5. The van der Waals surface area contributed by atoms with Crippen LogP contribution < -0.4 is 0 Å². The second-order valence-electron chi connectivity index (χ2n) is 4.84. The lowest BCUT2D eigenvalue weighted by molar-refractivity contribution is -0.137. The van der Waals surface area contributed by atoms with Crippen molar-refractivity contribution in [3.05, 3.63) is 24.8 Å². The van der Waals surface area contributed by atoms with Crippen molar-refractivity contribution in [1.29, 1.82) is 0 Å². The van der Waals surface area contributed by atoms with Crippen LogP contribution in [0.3, 0.4) is 0 Å². The molecule has 0 amide bonds. The molecule has 3 nitrogen and oxygen atoms in total. The number of esters is 1. The minimum atomic E-state index is -0.922. The first-order valence-corrected chi connectivity index (χ1v) is 6.19. The molecule has 1 fully saturated rings. The zero-order valence-electron chi connectivity index (χ0n) is 10.7. The van der Waals surface area contributed by atoms with Crippen LogP contribution in [0.25, 0.3) is 0 Å². The van der Waals surface area contributed by atoms with E-state index >= 15 is 0 Å². The Hall–Kier alpha value is -1.09. The second kappa shape index (κ2) is 5.50. The Morgan fingerprint density at radius 1 is 1.47 bits per heavy atom. The molecule has 1 aliphatic rings. The molecule has 2 atom stereocenters. The van der Waals surface area contributed by atoms with Crippen molar-refractivity contribution in [3.63, 3.8) is 0 Å². The molecule has 0 aliphatic heterocycles. The predicted molar refractivity (Wildman–Crippen MR) is 67.5 cm³/mol. The summed E-state index contributed by atoms with van der Waals surface area (Å²) in [6, 6.07) is 0. The van der Waals surface area contributed by atoms with Gasteiger partial charge in [-0.1, -0.05) is 31.9 Å². The van der Waals surface area contributed by atoms with E-state index in [9.17, 15) is 9.90 Å². The highest BCUT2D eigenvalue weighted by molar-refractivity contribution is 5.82. The Bertz CT molecular complexity index is 321. The average Bonchev–Trinajstić information content (AvgIpc) is 2.31. The van der Waals surface area contributed by atoms with Crippen molar-refractivity contribution >= 4 is 5.97 Å². The van der Waals surface area contributed by atoms with Gasteiger partial charge in [-0.3, -0.25) is 0 Å². The number of rotatable bonds is 4. The van der Waals surface area contributed by atoms with Gasteiger partial charge in [-0.05, 0) is 19.8 Å². The Morgan fingerprint density at radius 3 is 2.71 bits per heavy atom. The first-order chi connectivity index (χ1) is 7.97. The molecule has 0 saturated heterocycles. The van der Waals surface area contributed by atoms with Gasteiger partial charge in [-0.15, -0.1) is 6.58 Å². The fraction of sp³-hybridized carbons (Fsp3) is 0.643. The summed E-state index contributed by atoms with van der Waals surface area (Å²) in [5.41, 5.74) is -1.35. The number of hydrogen-bond donors (Lipinski definition) is 1. The van der Waals surface area contributed by atoms with E-state index in [0.717, 1.165) is 19.3 Å². The van der Waals surface area contributed by atoms with Gasteiger partial charge in [0, 0.05) is 11.5 Å². The Balaban J connectivity index is 2.83. The molecule has 1 aliphatic carbocycles. The molecule has 0 aromatic rings. The number of ether oxygens (including phenoxy) is 1. The third-order valence-corrected chi connectivity index (χ3v) is 3.70. The molecule has 1 saturated carbocycles. The van der Waals surface area contributed by atoms with E-state index in [1.54, 1.807) is 19.1 Å². The van der Waals surface area contributed by atoms with Crippen LogP contribution >= 0.6 is 0 Å². The van der Waals surface area contributed by atoms with Crippen molar-refractivity contribution in [1.82, 2.24) is 0 Å². The van der Waals surface area contributed by atoms with Gasteiger partial charge in [0.25, 0.3) is 0 Å². The van der Waals surface area contributed by atoms with E-state index in [-0.39, 0.29) is 5.97 Å². The lowest BCUT2D eigenvalue weighted by Gasteiger charge is -2.45. The normalized spacial score (nSPS) is 33.6. The molecule has 17 heavy (non-hydrogen) atoms. The summed E-state index contributed by atoms with van der Waals surface area (Å²) in [7, 11) is 0. The molecule has 0 spiro atoms. The van der Waals surface area contributed by atoms with Crippen molar-refractivity contribution < 1.29 is 14.6 Å². The molecule has 1 N–H and O–H groups in total.